The Bertz CT molecular complexity index is 611. The molecule has 2 fully saturated rings. The predicted octanol–water partition coefficient (Wildman–Crippen LogP) is 1.29. The van der Waals surface area contributed by atoms with E-state index in [1.807, 2.05) is 0 Å². The first-order valence-corrected chi connectivity index (χ1v) is 9.88. The molecule has 1 atom stereocenters. The highest BCUT2D eigenvalue weighted by Gasteiger charge is 2.18. The van der Waals surface area contributed by atoms with Gasteiger partial charge >= 0.3 is 0 Å². The maximum atomic E-state index is 6.11. The molecule has 0 radical (unpaired) electrons. The van der Waals surface area contributed by atoms with E-state index in [4.69, 9.17) is 19.9 Å². The van der Waals surface area contributed by atoms with Crippen molar-refractivity contribution in [1.29, 1.82) is 0 Å². The van der Waals surface area contributed by atoms with Crippen LogP contribution >= 0.6 is 0 Å². The number of morpholine rings is 1. The molecule has 150 valence electrons. The number of benzene rings is 1. The Morgan fingerprint density at radius 3 is 2.93 bits per heavy atom. The third-order valence-corrected chi connectivity index (χ3v) is 4.88. The second kappa shape index (κ2) is 10.5. The lowest BCUT2D eigenvalue weighted by atomic mass is 10.1. The first-order valence-electron chi connectivity index (χ1n) is 9.88. The second-order valence-electron chi connectivity index (χ2n) is 7.15. The number of nitrogens with one attached hydrogen (secondary N) is 1. The zero-order chi connectivity index (χ0) is 18.9. The van der Waals surface area contributed by atoms with Crippen LogP contribution in [0.2, 0.25) is 0 Å². The van der Waals surface area contributed by atoms with Gasteiger partial charge in [-0.3, -0.25) is 4.90 Å². The third kappa shape index (κ3) is 6.68. The molecule has 0 saturated carbocycles. The van der Waals surface area contributed by atoms with Gasteiger partial charge in [-0.2, -0.15) is 0 Å². The number of aryl methyl sites for hydroxylation is 1. The maximum Gasteiger partial charge on any atom is 0.188 e. The number of guanidine groups is 1. The topological polar surface area (TPSA) is 81.3 Å². The van der Waals surface area contributed by atoms with E-state index in [2.05, 4.69) is 40.3 Å². The van der Waals surface area contributed by atoms with Gasteiger partial charge in [0.1, 0.15) is 11.9 Å². The molecular weight excluding hydrogens is 344 g/mol. The number of ether oxygens (including phenoxy) is 3. The van der Waals surface area contributed by atoms with Gasteiger partial charge in [0.25, 0.3) is 0 Å². The number of nitrogens with zero attached hydrogens (tertiary/aromatic N) is 2. The molecule has 3 N–H and O–H groups in total. The molecule has 0 bridgehead atoms. The zero-order valence-corrected chi connectivity index (χ0v) is 16.3. The average molecular weight is 377 g/mol. The SMILES string of the molecule is Cc1ccc(CN=C(N)NCCCN2CCOCC2)c(OC2CCOC2)c1. The summed E-state index contributed by atoms with van der Waals surface area (Å²) >= 11 is 0. The molecule has 0 spiro atoms. The van der Waals surface area contributed by atoms with Gasteiger partial charge in [0.05, 0.1) is 33.0 Å². The van der Waals surface area contributed by atoms with Crippen molar-refractivity contribution >= 4 is 5.96 Å². The quantitative estimate of drug-likeness (QED) is 0.404. The Kier molecular flexibility index (Phi) is 7.74. The van der Waals surface area contributed by atoms with Crippen molar-refractivity contribution in [2.75, 3.05) is 52.6 Å². The van der Waals surface area contributed by atoms with Crippen LogP contribution in [-0.4, -0.2) is 69.6 Å². The fourth-order valence-electron chi connectivity index (χ4n) is 3.26. The lowest BCUT2D eigenvalue weighted by Crippen LogP contribution is -2.39. The van der Waals surface area contributed by atoms with Crippen molar-refractivity contribution in [1.82, 2.24) is 10.2 Å². The minimum atomic E-state index is 0.130. The van der Waals surface area contributed by atoms with Crippen molar-refractivity contribution in [2.24, 2.45) is 10.7 Å². The molecule has 27 heavy (non-hydrogen) atoms. The molecule has 2 saturated heterocycles. The number of nitrogens with two attached hydrogens (primary N) is 1. The highest BCUT2D eigenvalue weighted by atomic mass is 16.5. The fourth-order valence-corrected chi connectivity index (χ4v) is 3.26. The smallest absolute Gasteiger partial charge is 0.188 e. The fraction of sp³-hybridized carbons (Fsp3) is 0.650. The van der Waals surface area contributed by atoms with Gasteiger partial charge in [0.15, 0.2) is 5.96 Å². The summed E-state index contributed by atoms with van der Waals surface area (Å²) in [5.74, 6) is 1.36. The molecule has 2 aliphatic heterocycles. The van der Waals surface area contributed by atoms with Crippen molar-refractivity contribution in [3.05, 3.63) is 29.3 Å². The zero-order valence-electron chi connectivity index (χ0n) is 16.3. The third-order valence-electron chi connectivity index (χ3n) is 4.88. The van der Waals surface area contributed by atoms with Crippen LogP contribution in [0.3, 0.4) is 0 Å². The van der Waals surface area contributed by atoms with Gasteiger partial charge in [-0.05, 0) is 31.5 Å². The minimum absolute atomic E-state index is 0.130. The molecule has 1 aromatic rings. The summed E-state index contributed by atoms with van der Waals surface area (Å²) in [6, 6.07) is 6.21. The molecule has 2 heterocycles. The van der Waals surface area contributed by atoms with Gasteiger partial charge in [-0.25, -0.2) is 4.99 Å². The van der Waals surface area contributed by atoms with Gasteiger partial charge in [0.2, 0.25) is 0 Å². The number of hydrogen-bond acceptors (Lipinski definition) is 5. The van der Waals surface area contributed by atoms with Gasteiger partial charge in [-0.15, -0.1) is 0 Å². The van der Waals surface area contributed by atoms with Gasteiger partial charge in [-0.1, -0.05) is 12.1 Å². The van der Waals surface area contributed by atoms with E-state index in [1.54, 1.807) is 0 Å². The first-order chi connectivity index (χ1) is 13.2. The van der Waals surface area contributed by atoms with E-state index in [0.717, 1.165) is 70.2 Å². The monoisotopic (exact) mass is 376 g/mol. The molecule has 7 heteroatoms. The Labute approximate surface area is 161 Å². The van der Waals surface area contributed by atoms with Crippen LogP contribution in [0, 0.1) is 6.92 Å². The minimum Gasteiger partial charge on any atom is -0.488 e. The second-order valence-corrected chi connectivity index (χ2v) is 7.15. The van der Waals surface area contributed by atoms with Crippen molar-refractivity contribution < 1.29 is 14.2 Å². The molecule has 0 amide bonds. The maximum absolute atomic E-state index is 6.11. The summed E-state index contributed by atoms with van der Waals surface area (Å²) in [5.41, 5.74) is 8.25. The Hall–Kier alpha value is -1.83. The van der Waals surface area contributed by atoms with Crippen LogP contribution in [0.25, 0.3) is 0 Å². The van der Waals surface area contributed by atoms with Crippen LogP contribution in [0.4, 0.5) is 0 Å². The molecule has 1 unspecified atom stereocenters. The largest absolute Gasteiger partial charge is 0.488 e. The van der Waals surface area contributed by atoms with Crippen molar-refractivity contribution in [3.8, 4) is 5.75 Å². The standard InChI is InChI=1S/C20H32N4O3/c1-16-3-4-17(19(13-16)27-18-5-10-26-15-18)14-23-20(21)22-6-2-7-24-8-11-25-12-9-24/h3-4,13,18H,2,5-12,14-15H2,1H3,(H3,21,22,23). The summed E-state index contributed by atoms with van der Waals surface area (Å²) in [5, 5.41) is 3.21. The van der Waals surface area contributed by atoms with Crippen LogP contribution < -0.4 is 15.8 Å². The van der Waals surface area contributed by atoms with Crippen LogP contribution in [0.15, 0.2) is 23.2 Å². The number of rotatable bonds is 8. The summed E-state index contributed by atoms with van der Waals surface area (Å²) < 4.78 is 16.9. The van der Waals surface area contributed by atoms with E-state index >= 15 is 0 Å². The predicted molar refractivity (Wildman–Crippen MR) is 106 cm³/mol. The molecule has 0 aromatic heterocycles. The van der Waals surface area contributed by atoms with Crippen LogP contribution in [0.1, 0.15) is 24.0 Å². The van der Waals surface area contributed by atoms with Gasteiger partial charge in [0, 0.05) is 31.6 Å². The van der Waals surface area contributed by atoms with Crippen molar-refractivity contribution in [2.45, 2.75) is 32.4 Å². The molecule has 3 rings (SSSR count). The normalized spacial score (nSPS) is 21.4. The molecule has 1 aromatic carbocycles. The van der Waals surface area contributed by atoms with E-state index < -0.39 is 0 Å². The summed E-state index contributed by atoms with van der Waals surface area (Å²) in [6.07, 6.45) is 2.10. The van der Waals surface area contributed by atoms with E-state index in [1.165, 1.54) is 5.56 Å². The van der Waals surface area contributed by atoms with E-state index in [-0.39, 0.29) is 6.10 Å². The highest BCUT2D eigenvalue weighted by molar-refractivity contribution is 5.77. The van der Waals surface area contributed by atoms with Gasteiger partial charge < -0.3 is 25.3 Å². The lowest BCUT2D eigenvalue weighted by molar-refractivity contribution is 0.0376. The van der Waals surface area contributed by atoms with Crippen molar-refractivity contribution in [3.63, 3.8) is 0 Å². The average Bonchev–Trinajstić information content (AvgIpc) is 3.18. The molecular formula is C20H32N4O3. The Balaban J connectivity index is 1.44. The highest BCUT2D eigenvalue weighted by Crippen LogP contribution is 2.24. The van der Waals surface area contributed by atoms with E-state index in [9.17, 15) is 0 Å². The van der Waals surface area contributed by atoms with Crippen LogP contribution in [-0.2, 0) is 16.0 Å². The Morgan fingerprint density at radius 2 is 2.15 bits per heavy atom. The molecule has 7 nitrogen and oxygen atoms in total. The van der Waals surface area contributed by atoms with Crippen LogP contribution in [0.5, 0.6) is 5.75 Å². The van der Waals surface area contributed by atoms with E-state index in [0.29, 0.717) is 19.1 Å². The molecule has 2 aliphatic rings. The Morgan fingerprint density at radius 1 is 1.30 bits per heavy atom. The summed E-state index contributed by atoms with van der Waals surface area (Å²) in [4.78, 5) is 6.90. The summed E-state index contributed by atoms with van der Waals surface area (Å²) in [7, 11) is 0. The lowest BCUT2D eigenvalue weighted by Gasteiger charge is -2.26. The number of aliphatic imine (C=N–C) groups is 1. The number of hydrogen-bond donors (Lipinski definition) is 2. The molecule has 0 aliphatic carbocycles. The summed E-state index contributed by atoms with van der Waals surface area (Å²) in [6.45, 7) is 9.59. The first kappa shape index (κ1) is 19.9.